The van der Waals surface area contributed by atoms with E-state index in [1.54, 1.807) is 26.4 Å². The number of alkyl halides is 3. The van der Waals surface area contributed by atoms with Crippen molar-refractivity contribution in [3.8, 4) is 17.2 Å². The second-order valence-electron chi connectivity index (χ2n) is 5.80. The van der Waals surface area contributed by atoms with Gasteiger partial charge >= 0.3 is 6.18 Å². The van der Waals surface area contributed by atoms with Crippen LogP contribution >= 0.6 is 11.3 Å². The molecule has 1 aliphatic rings. The number of nitrogens with zero attached hydrogens (tertiary/aromatic N) is 2. The number of hydrogen-bond donors (Lipinski definition) is 0. The van der Waals surface area contributed by atoms with Gasteiger partial charge in [0.2, 0.25) is 5.75 Å². The Morgan fingerprint density at radius 3 is 2.23 bits per heavy atom. The highest BCUT2D eigenvalue weighted by molar-refractivity contribution is 7.15. The molecule has 1 fully saturated rings. The van der Waals surface area contributed by atoms with Crippen molar-refractivity contribution in [1.29, 1.82) is 0 Å². The molecule has 0 amide bonds. The van der Waals surface area contributed by atoms with Gasteiger partial charge in [-0.2, -0.15) is 13.2 Å². The van der Waals surface area contributed by atoms with Crippen LogP contribution in [0.2, 0.25) is 0 Å². The van der Waals surface area contributed by atoms with Crippen LogP contribution in [0.1, 0.15) is 17.7 Å². The molecule has 142 valence electrons. The van der Waals surface area contributed by atoms with Crippen LogP contribution in [0.25, 0.3) is 0 Å². The molecule has 26 heavy (non-hydrogen) atoms. The maximum atomic E-state index is 12.7. The van der Waals surface area contributed by atoms with Crippen LogP contribution < -0.4 is 19.1 Å². The molecule has 0 spiro atoms. The van der Waals surface area contributed by atoms with Crippen molar-refractivity contribution in [1.82, 2.24) is 4.98 Å². The lowest BCUT2D eigenvalue weighted by Gasteiger charge is -2.32. The molecule has 0 aliphatic carbocycles. The Morgan fingerprint density at radius 1 is 1.12 bits per heavy atom. The van der Waals surface area contributed by atoms with Crippen LogP contribution in [0.5, 0.6) is 17.2 Å². The molecule has 1 aliphatic heterocycles. The van der Waals surface area contributed by atoms with Crippen molar-refractivity contribution >= 4 is 16.5 Å². The first kappa shape index (κ1) is 18.6. The zero-order valence-corrected chi connectivity index (χ0v) is 15.2. The third kappa shape index (κ3) is 3.98. The summed E-state index contributed by atoms with van der Waals surface area (Å²) in [7, 11) is 3.12. The molecule has 2 heterocycles. The second kappa shape index (κ2) is 7.61. The third-order valence-electron chi connectivity index (χ3n) is 4.15. The smallest absolute Gasteiger partial charge is 0.427 e. The van der Waals surface area contributed by atoms with Crippen molar-refractivity contribution < 1.29 is 27.4 Å². The van der Waals surface area contributed by atoms with Crippen LogP contribution in [0, 0.1) is 0 Å². The van der Waals surface area contributed by atoms with E-state index < -0.39 is 11.1 Å². The monoisotopic (exact) mass is 388 g/mol. The number of para-hydroxylation sites is 1. The van der Waals surface area contributed by atoms with E-state index in [1.165, 1.54) is 0 Å². The number of ether oxygens (including phenoxy) is 3. The van der Waals surface area contributed by atoms with Gasteiger partial charge in [0.25, 0.3) is 0 Å². The van der Waals surface area contributed by atoms with Gasteiger partial charge in [-0.25, -0.2) is 4.98 Å². The van der Waals surface area contributed by atoms with Gasteiger partial charge < -0.3 is 19.1 Å². The minimum atomic E-state index is -4.35. The predicted molar refractivity (Wildman–Crippen MR) is 92.5 cm³/mol. The number of anilines is 1. The number of halogens is 3. The Morgan fingerprint density at radius 2 is 1.73 bits per heavy atom. The van der Waals surface area contributed by atoms with Gasteiger partial charge in [-0.3, -0.25) is 0 Å². The van der Waals surface area contributed by atoms with Crippen molar-refractivity contribution in [2.45, 2.75) is 25.1 Å². The molecule has 0 saturated carbocycles. The van der Waals surface area contributed by atoms with Crippen LogP contribution in [0.3, 0.4) is 0 Å². The first-order valence-electron chi connectivity index (χ1n) is 8.08. The molecule has 5 nitrogen and oxygen atoms in total. The van der Waals surface area contributed by atoms with Gasteiger partial charge in [-0.15, -0.1) is 0 Å². The van der Waals surface area contributed by atoms with Gasteiger partial charge in [0.15, 0.2) is 16.6 Å². The largest absolute Gasteiger partial charge is 0.493 e. The average Bonchev–Trinajstić information content (AvgIpc) is 3.13. The van der Waals surface area contributed by atoms with Crippen LogP contribution in [-0.4, -0.2) is 38.4 Å². The molecule has 1 aromatic carbocycles. The summed E-state index contributed by atoms with van der Waals surface area (Å²) in [5.74, 6) is 1.72. The first-order chi connectivity index (χ1) is 12.4. The predicted octanol–water partition coefficient (Wildman–Crippen LogP) is 4.23. The highest BCUT2D eigenvalue weighted by atomic mass is 32.1. The zero-order valence-electron chi connectivity index (χ0n) is 14.4. The highest BCUT2D eigenvalue weighted by Crippen LogP contribution is 2.40. The minimum absolute atomic E-state index is 0.0708. The number of hydrogen-bond acceptors (Lipinski definition) is 6. The molecule has 0 unspecified atom stereocenters. The van der Waals surface area contributed by atoms with E-state index in [-0.39, 0.29) is 6.10 Å². The third-order valence-corrected chi connectivity index (χ3v) is 5.26. The second-order valence-corrected chi connectivity index (χ2v) is 6.81. The molecule has 1 aromatic heterocycles. The number of methoxy groups -OCH3 is 2. The lowest BCUT2D eigenvalue weighted by Crippen LogP contribution is -2.38. The molecule has 9 heteroatoms. The first-order valence-corrected chi connectivity index (χ1v) is 8.89. The van der Waals surface area contributed by atoms with Crippen LogP contribution in [0.15, 0.2) is 24.4 Å². The van der Waals surface area contributed by atoms with E-state index in [4.69, 9.17) is 14.2 Å². The SMILES string of the molecule is COc1cccc(OC)c1OC1CCN(c2ncc(C(F)(F)F)s2)CC1. The summed E-state index contributed by atoms with van der Waals surface area (Å²) in [6.07, 6.45) is -2.19. The average molecular weight is 388 g/mol. The number of aromatic nitrogens is 1. The number of piperidine rings is 1. The number of thiazole rings is 1. The summed E-state index contributed by atoms with van der Waals surface area (Å²) in [6.45, 7) is 1.15. The normalized spacial score (nSPS) is 15.8. The molecule has 3 rings (SSSR count). The molecular weight excluding hydrogens is 369 g/mol. The molecule has 0 radical (unpaired) electrons. The number of benzene rings is 1. The maximum absolute atomic E-state index is 12.7. The van der Waals surface area contributed by atoms with Gasteiger partial charge in [0, 0.05) is 25.9 Å². The molecule has 2 aromatic rings. The van der Waals surface area contributed by atoms with Gasteiger partial charge in [-0.05, 0) is 12.1 Å². The molecule has 1 saturated heterocycles. The zero-order chi connectivity index (χ0) is 18.7. The fourth-order valence-corrected chi connectivity index (χ4v) is 3.64. The summed E-state index contributed by atoms with van der Waals surface area (Å²) in [5.41, 5.74) is 0. The van der Waals surface area contributed by atoms with E-state index in [9.17, 15) is 13.2 Å². The van der Waals surface area contributed by atoms with Crippen molar-refractivity contribution in [3.63, 3.8) is 0 Å². The fourth-order valence-electron chi connectivity index (χ4n) is 2.81. The Balaban J connectivity index is 1.64. The quantitative estimate of drug-likeness (QED) is 0.767. The topological polar surface area (TPSA) is 43.8 Å². The van der Waals surface area contributed by atoms with Crippen LogP contribution in [-0.2, 0) is 6.18 Å². The summed E-state index contributed by atoms with van der Waals surface area (Å²) < 4.78 is 54.9. The van der Waals surface area contributed by atoms with E-state index >= 15 is 0 Å². The molecular formula is C17H19F3N2O3S. The van der Waals surface area contributed by atoms with Crippen molar-refractivity contribution in [3.05, 3.63) is 29.3 Å². The maximum Gasteiger partial charge on any atom is 0.427 e. The highest BCUT2D eigenvalue weighted by Gasteiger charge is 2.34. The Kier molecular flexibility index (Phi) is 5.45. The fraction of sp³-hybridized carbons (Fsp3) is 0.471. The van der Waals surface area contributed by atoms with Gasteiger partial charge in [0.1, 0.15) is 11.0 Å². The van der Waals surface area contributed by atoms with E-state index in [1.807, 2.05) is 11.0 Å². The summed E-state index contributed by atoms with van der Waals surface area (Å²) in [4.78, 5) is 5.10. The summed E-state index contributed by atoms with van der Waals surface area (Å²) >= 11 is 0.673. The van der Waals surface area contributed by atoms with Crippen molar-refractivity contribution in [2.24, 2.45) is 0 Å². The number of rotatable bonds is 5. The molecule has 0 N–H and O–H groups in total. The lowest BCUT2D eigenvalue weighted by atomic mass is 10.1. The summed E-state index contributed by atoms with van der Waals surface area (Å²) in [5, 5.41) is 0.394. The van der Waals surface area contributed by atoms with Crippen LogP contribution in [0.4, 0.5) is 18.3 Å². The Hall–Kier alpha value is -2.16. The van der Waals surface area contributed by atoms with E-state index in [0.717, 1.165) is 6.20 Å². The van der Waals surface area contributed by atoms with E-state index in [2.05, 4.69) is 4.98 Å². The van der Waals surface area contributed by atoms with E-state index in [0.29, 0.717) is 59.6 Å². The molecule has 0 atom stereocenters. The molecule has 0 bridgehead atoms. The minimum Gasteiger partial charge on any atom is -0.493 e. The Bertz CT molecular complexity index is 721. The lowest BCUT2D eigenvalue weighted by molar-refractivity contribution is -0.134. The Labute approximate surface area is 153 Å². The summed E-state index contributed by atoms with van der Waals surface area (Å²) in [6, 6.07) is 5.40. The van der Waals surface area contributed by atoms with Crippen molar-refractivity contribution in [2.75, 3.05) is 32.2 Å². The van der Waals surface area contributed by atoms with Gasteiger partial charge in [-0.1, -0.05) is 17.4 Å². The van der Waals surface area contributed by atoms with Gasteiger partial charge in [0.05, 0.1) is 20.4 Å². The standard InChI is InChI=1S/C17H19F3N2O3S/c1-23-12-4-3-5-13(24-2)15(12)25-11-6-8-22(9-7-11)16-21-10-14(26-16)17(18,19)20/h3-5,10-11H,6-9H2,1-2H3.